The van der Waals surface area contributed by atoms with Crippen LogP contribution in [0.4, 0.5) is 5.69 Å². The number of fused-ring (bicyclic) bond motifs is 1. The highest BCUT2D eigenvalue weighted by atomic mass is 35.5. The van der Waals surface area contributed by atoms with Gasteiger partial charge in [0, 0.05) is 24.7 Å². The largest absolute Gasteiger partial charge is 0.336 e. The minimum absolute atomic E-state index is 0.0126. The van der Waals surface area contributed by atoms with Gasteiger partial charge < -0.3 is 4.90 Å². The quantitative estimate of drug-likeness (QED) is 0.753. The summed E-state index contributed by atoms with van der Waals surface area (Å²) in [5, 5.41) is 0.132. The van der Waals surface area contributed by atoms with Gasteiger partial charge in [0.15, 0.2) is 0 Å². The number of hydrogen-bond acceptors (Lipinski definition) is 3. The summed E-state index contributed by atoms with van der Waals surface area (Å²) in [5.41, 5.74) is 2.04. The molecule has 4 rings (SSSR count). The summed E-state index contributed by atoms with van der Waals surface area (Å²) >= 11 is 6.27. The van der Waals surface area contributed by atoms with E-state index in [0.29, 0.717) is 30.8 Å². The van der Waals surface area contributed by atoms with Gasteiger partial charge in [0.1, 0.15) is 4.90 Å². The number of hydrogen-bond donors (Lipinski definition) is 0. The Hall–Kier alpha value is -2.05. The topological polar surface area (TPSA) is 57.7 Å². The summed E-state index contributed by atoms with van der Waals surface area (Å²) in [7, 11) is -3.85. The fourth-order valence-electron chi connectivity index (χ4n) is 4.08. The Morgan fingerprint density at radius 2 is 1.89 bits per heavy atom. The molecule has 0 saturated carbocycles. The van der Waals surface area contributed by atoms with Gasteiger partial charge in [-0.25, -0.2) is 8.42 Å². The maximum Gasteiger partial charge on any atom is 0.265 e. The van der Waals surface area contributed by atoms with Crippen LogP contribution in [0.15, 0.2) is 47.4 Å². The van der Waals surface area contributed by atoms with E-state index in [1.165, 1.54) is 16.4 Å². The van der Waals surface area contributed by atoms with Crippen LogP contribution in [0.25, 0.3) is 0 Å². The predicted octanol–water partition coefficient (Wildman–Crippen LogP) is 4.11. The molecule has 5 nitrogen and oxygen atoms in total. The molecule has 2 heterocycles. The summed E-state index contributed by atoms with van der Waals surface area (Å²) < 4.78 is 28.1. The summed E-state index contributed by atoms with van der Waals surface area (Å²) in [4.78, 5) is 14.8. The number of amides is 1. The summed E-state index contributed by atoms with van der Waals surface area (Å²) in [6, 6.07) is 12.2. The van der Waals surface area contributed by atoms with E-state index in [0.717, 1.165) is 24.8 Å². The molecule has 2 aromatic rings. The van der Waals surface area contributed by atoms with Gasteiger partial charge in [-0.05, 0) is 62.4 Å². The molecule has 0 aromatic heterocycles. The predicted molar refractivity (Wildman–Crippen MR) is 110 cm³/mol. The smallest absolute Gasteiger partial charge is 0.265 e. The van der Waals surface area contributed by atoms with Crippen LogP contribution in [0.1, 0.15) is 42.1 Å². The van der Waals surface area contributed by atoms with Crippen molar-refractivity contribution in [2.75, 3.05) is 17.4 Å². The second kappa shape index (κ2) is 7.41. The fraction of sp³-hybridized carbons (Fsp3) is 0.381. The molecule has 28 heavy (non-hydrogen) atoms. The zero-order valence-corrected chi connectivity index (χ0v) is 17.3. The number of carbonyl (C=O) groups is 1. The molecule has 2 aliphatic heterocycles. The zero-order chi connectivity index (χ0) is 19.9. The molecule has 0 unspecified atom stereocenters. The van der Waals surface area contributed by atoms with Crippen LogP contribution < -0.4 is 4.31 Å². The lowest BCUT2D eigenvalue weighted by molar-refractivity contribution is 0.0635. The first kappa shape index (κ1) is 19.3. The SMILES string of the molecule is C[C@@H]1CCCCN1C(=O)c1ccc(Cl)c(S(=O)(=O)N2CCc3ccccc32)c1. The third-order valence-electron chi connectivity index (χ3n) is 5.65. The number of rotatable bonds is 3. The van der Waals surface area contributed by atoms with E-state index in [-0.39, 0.29) is 21.9 Å². The number of benzene rings is 2. The van der Waals surface area contributed by atoms with Crippen molar-refractivity contribution in [1.29, 1.82) is 0 Å². The van der Waals surface area contributed by atoms with Crippen molar-refractivity contribution in [1.82, 2.24) is 4.90 Å². The summed E-state index contributed by atoms with van der Waals surface area (Å²) in [6.45, 7) is 3.11. The molecule has 0 bridgehead atoms. The maximum absolute atomic E-state index is 13.4. The number of para-hydroxylation sites is 1. The first-order chi connectivity index (χ1) is 13.4. The van der Waals surface area contributed by atoms with E-state index < -0.39 is 10.0 Å². The molecule has 0 spiro atoms. The van der Waals surface area contributed by atoms with Gasteiger partial charge in [0.2, 0.25) is 0 Å². The molecule has 2 aliphatic rings. The second-order valence-electron chi connectivity index (χ2n) is 7.44. The van der Waals surface area contributed by atoms with Crippen LogP contribution in [0.3, 0.4) is 0 Å². The third kappa shape index (κ3) is 3.29. The molecule has 1 fully saturated rings. The van der Waals surface area contributed by atoms with Crippen molar-refractivity contribution >= 4 is 33.2 Å². The standard InChI is InChI=1S/C21H23ClN2O3S/c1-15-6-4-5-12-23(15)21(25)17-9-10-18(22)20(14-17)28(26,27)24-13-11-16-7-2-3-8-19(16)24/h2-3,7-10,14-15H,4-6,11-13H2,1H3/t15-/m1/s1. The van der Waals surface area contributed by atoms with E-state index in [1.807, 2.05) is 30.0 Å². The van der Waals surface area contributed by atoms with Crippen molar-refractivity contribution < 1.29 is 13.2 Å². The van der Waals surface area contributed by atoms with Gasteiger partial charge in [-0.3, -0.25) is 9.10 Å². The molecule has 148 valence electrons. The first-order valence-corrected chi connectivity index (χ1v) is 11.4. The Kier molecular flexibility index (Phi) is 5.10. The van der Waals surface area contributed by atoms with Crippen LogP contribution in [-0.4, -0.2) is 38.4 Å². The lowest BCUT2D eigenvalue weighted by Crippen LogP contribution is -2.42. The minimum atomic E-state index is -3.85. The van der Waals surface area contributed by atoms with Crippen LogP contribution in [0, 0.1) is 0 Å². The number of likely N-dealkylation sites (tertiary alicyclic amines) is 1. The average molecular weight is 419 g/mol. The van der Waals surface area contributed by atoms with Crippen LogP contribution in [0.2, 0.25) is 5.02 Å². The molecule has 7 heteroatoms. The Bertz CT molecular complexity index is 1020. The number of anilines is 1. The van der Waals surface area contributed by atoms with Crippen molar-refractivity contribution in [3.63, 3.8) is 0 Å². The van der Waals surface area contributed by atoms with Gasteiger partial charge in [-0.2, -0.15) is 0 Å². The Labute approximate surface area is 171 Å². The van der Waals surface area contributed by atoms with Crippen LogP contribution >= 0.6 is 11.6 Å². The fourth-order valence-corrected chi connectivity index (χ4v) is 6.08. The number of halogens is 1. The lowest BCUT2D eigenvalue weighted by Gasteiger charge is -2.33. The average Bonchev–Trinajstić information content (AvgIpc) is 3.13. The summed E-state index contributed by atoms with van der Waals surface area (Å²) in [6.07, 6.45) is 3.71. The highest BCUT2D eigenvalue weighted by Gasteiger charge is 2.33. The molecular weight excluding hydrogens is 396 g/mol. The Balaban J connectivity index is 1.70. The van der Waals surface area contributed by atoms with Crippen LogP contribution in [0.5, 0.6) is 0 Å². The molecule has 0 aliphatic carbocycles. The highest BCUT2D eigenvalue weighted by Crippen LogP contribution is 2.35. The van der Waals surface area contributed by atoms with Gasteiger partial charge in [0.05, 0.1) is 10.7 Å². The van der Waals surface area contributed by atoms with E-state index in [1.54, 1.807) is 12.1 Å². The molecule has 0 N–H and O–H groups in total. The van der Waals surface area contributed by atoms with Crippen LogP contribution in [-0.2, 0) is 16.4 Å². The third-order valence-corrected chi connectivity index (χ3v) is 7.95. The van der Waals surface area contributed by atoms with E-state index in [2.05, 4.69) is 0 Å². The highest BCUT2D eigenvalue weighted by molar-refractivity contribution is 7.93. The number of nitrogens with zero attached hydrogens (tertiary/aromatic N) is 2. The van der Waals surface area contributed by atoms with Gasteiger partial charge >= 0.3 is 0 Å². The second-order valence-corrected chi connectivity index (χ2v) is 9.68. The number of sulfonamides is 1. The van der Waals surface area contributed by atoms with E-state index in [9.17, 15) is 13.2 Å². The van der Waals surface area contributed by atoms with Gasteiger partial charge in [-0.15, -0.1) is 0 Å². The van der Waals surface area contributed by atoms with Crippen molar-refractivity contribution in [3.8, 4) is 0 Å². The monoisotopic (exact) mass is 418 g/mol. The summed E-state index contributed by atoms with van der Waals surface area (Å²) in [5.74, 6) is -0.137. The number of carbonyl (C=O) groups excluding carboxylic acids is 1. The number of piperidine rings is 1. The molecule has 0 radical (unpaired) electrons. The Morgan fingerprint density at radius 1 is 1.11 bits per heavy atom. The first-order valence-electron chi connectivity index (χ1n) is 9.61. The van der Waals surface area contributed by atoms with Crippen molar-refractivity contribution in [2.24, 2.45) is 0 Å². The maximum atomic E-state index is 13.4. The zero-order valence-electron chi connectivity index (χ0n) is 15.8. The Morgan fingerprint density at radius 3 is 2.68 bits per heavy atom. The lowest BCUT2D eigenvalue weighted by atomic mass is 10.0. The van der Waals surface area contributed by atoms with Gasteiger partial charge in [0.25, 0.3) is 15.9 Å². The molecular formula is C21H23ClN2O3S. The van der Waals surface area contributed by atoms with Gasteiger partial charge in [-0.1, -0.05) is 29.8 Å². The molecule has 1 atom stereocenters. The molecule has 1 saturated heterocycles. The molecule has 1 amide bonds. The normalized spacial score (nSPS) is 19.6. The minimum Gasteiger partial charge on any atom is -0.336 e. The van der Waals surface area contributed by atoms with E-state index in [4.69, 9.17) is 11.6 Å². The molecule has 2 aromatic carbocycles. The van der Waals surface area contributed by atoms with E-state index >= 15 is 0 Å². The van der Waals surface area contributed by atoms with Crippen molar-refractivity contribution in [2.45, 2.75) is 43.5 Å². The van der Waals surface area contributed by atoms with Crippen molar-refractivity contribution in [3.05, 3.63) is 58.6 Å².